The summed E-state index contributed by atoms with van der Waals surface area (Å²) in [7, 11) is 0. The van der Waals surface area contributed by atoms with Gasteiger partial charge in [0.15, 0.2) is 0 Å². The standard InChI is InChI=1S/C14H10BrClFIO/c15-11-3-2-9(18)7-10(11)14(19)6-8-1-4-13(17)12(16)5-8/h1-5,7,14,19H,6H2. The van der Waals surface area contributed by atoms with Crippen LogP contribution in [0.4, 0.5) is 4.39 Å². The molecule has 2 aromatic carbocycles. The first-order valence-electron chi connectivity index (χ1n) is 5.54. The van der Waals surface area contributed by atoms with Gasteiger partial charge in [0.05, 0.1) is 11.1 Å². The van der Waals surface area contributed by atoms with E-state index in [0.717, 1.165) is 19.2 Å². The third kappa shape index (κ3) is 3.90. The van der Waals surface area contributed by atoms with Crippen LogP contribution in [0, 0.1) is 9.39 Å². The summed E-state index contributed by atoms with van der Waals surface area (Å²) in [5.41, 5.74) is 1.61. The maximum atomic E-state index is 13.1. The first-order valence-corrected chi connectivity index (χ1v) is 7.79. The molecule has 0 aromatic heterocycles. The minimum absolute atomic E-state index is 0.0754. The second-order valence-corrected chi connectivity index (χ2v) is 6.64. The lowest BCUT2D eigenvalue weighted by molar-refractivity contribution is 0.177. The van der Waals surface area contributed by atoms with E-state index in [1.165, 1.54) is 6.07 Å². The molecule has 1 unspecified atom stereocenters. The molecule has 2 rings (SSSR count). The molecule has 0 bridgehead atoms. The number of rotatable bonds is 3. The highest BCUT2D eigenvalue weighted by atomic mass is 127. The summed E-state index contributed by atoms with van der Waals surface area (Å²) < 4.78 is 15.0. The highest BCUT2D eigenvalue weighted by molar-refractivity contribution is 14.1. The Kier molecular flexibility index (Phi) is 5.22. The number of aliphatic hydroxyl groups excluding tert-OH is 1. The van der Waals surface area contributed by atoms with Crippen molar-refractivity contribution in [1.29, 1.82) is 0 Å². The molecule has 0 spiro atoms. The molecule has 0 aliphatic heterocycles. The molecule has 100 valence electrons. The molecule has 1 nitrogen and oxygen atoms in total. The van der Waals surface area contributed by atoms with Crippen LogP contribution in [-0.4, -0.2) is 5.11 Å². The van der Waals surface area contributed by atoms with Crippen LogP contribution < -0.4 is 0 Å². The van der Waals surface area contributed by atoms with Gasteiger partial charge in [0.1, 0.15) is 5.82 Å². The van der Waals surface area contributed by atoms with Crippen molar-refractivity contribution in [3.05, 3.63) is 66.4 Å². The lowest BCUT2D eigenvalue weighted by atomic mass is 10.0. The van der Waals surface area contributed by atoms with Crippen molar-refractivity contribution in [2.45, 2.75) is 12.5 Å². The smallest absolute Gasteiger partial charge is 0.141 e. The van der Waals surface area contributed by atoms with E-state index in [2.05, 4.69) is 38.5 Å². The van der Waals surface area contributed by atoms with E-state index in [0.29, 0.717) is 6.42 Å². The zero-order chi connectivity index (χ0) is 14.0. The number of hydrogen-bond donors (Lipinski definition) is 1. The second-order valence-electron chi connectivity index (χ2n) is 4.13. The lowest BCUT2D eigenvalue weighted by Gasteiger charge is -2.14. The van der Waals surface area contributed by atoms with Crippen molar-refractivity contribution in [2.24, 2.45) is 0 Å². The van der Waals surface area contributed by atoms with Crippen LogP contribution in [0.25, 0.3) is 0 Å². The largest absolute Gasteiger partial charge is 0.388 e. The quantitative estimate of drug-likeness (QED) is 0.637. The molecule has 1 atom stereocenters. The fourth-order valence-corrected chi connectivity index (χ4v) is 3.00. The molecule has 0 radical (unpaired) electrons. The van der Waals surface area contributed by atoms with Gasteiger partial charge >= 0.3 is 0 Å². The van der Waals surface area contributed by atoms with Crippen LogP contribution in [0.3, 0.4) is 0 Å². The summed E-state index contributed by atoms with van der Waals surface area (Å²) in [4.78, 5) is 0. The van der Waals surface area contributed by atoms with Crippen LogP contribution in [0.2, 0.25) is 5.02 Å². The van der Waals surface area contributed by atoms with Crippen molar-refractivity contribution >= 4 is 50.1 Å². The summed E-state index contributed by atoms with van der Waals surface area (Å²) in [5.74, 6) is -0.449. The zero-order valence-electron chi connectivity index (χ0n) is 9.71. The van der Waals surface area contributed by atoms with Crippen molar-refractivity contribution in [3.8, 4) is 0 Å². The van der Waals surface area contributed by atoms with Crippen molar-refractivity contribution in [1.82, 2.24) is 0 Å². The first-order chi connectivity index (χ1) is 8.97. The minimum atomic E-state index is -0.661. The van der Waals surface area contributed by atoms with Crippen molar-refractivity contribution in [3.63, 3.8) is 0 Å². The average molecular weight is 455 g/mol. The SMILES string of the molecule is OC(Cc1ccc(F)c(Cl)c1)c1cc(I)ccc1Br. The summed E-state index contributed by atoms with van der Waals surface area (Å²) in [5, 5.41) is 10.3. The van der Waals surface area contributed by atoms with Gasteiger partial charge < -0.3 is 5.11 Å². The van der Waals surface area contributed by atoms with E-state index >= 15 is 0 Å². The van der Waals surface area contributed by atoms with Gasteiger partial charge in [-0.3, -0.25) is 0 Å². The summed E-state index contributed by atoms with van der Waals surface area (Å²) in [6.07, 6.45) is -0.274. The lowest BCUT2D eigenvalue weighted by Crippen LogP contribution is -2.03. The van der Waals surface area contributed by atoms with E-state index in [-0.39, 0.29) is 5.02 Å². The summed E-state index contributed by atoms with van der Waals surface area (Å²) >= 11 is 11.3. The van der Waals surface area contributed by atoms with Gasteiger partial charge in [-0.1, -0.05) is 33.6 Å². The van der Waals surface area contributed by atoms with Gasteiger partial charge in [0.2, 0.25) is 0 Å². The third-order valence-corrected chi connectivity index (χ3v) is 4.41. The predicted octanol–water partition coefficient (Wildman–Crippen LogP) is 5.12. The molecular formula is C14H10BrClFIO. The Morgan fingerprint density at radius 1 is 1.26 bits per heavy atom. The molecule has 0 saturated heterocycles. The minimum Gasteiger partial charge on any atom is -0.388 e. The molecule has 0 amide bonds. The van der Waals surface area contributed by atoms with E-state index in [4.69, 9.17) is 11.6 Å². The number of benzene rings is 2. The molecule has 0 saturated carbocycles. The van der Waals surface area contributed by atoms with E-state index in [1.807, 2.05) is 18.2 Å². The van der Waals surface area contributed by atoms with Crippen molar-refractivity contribution in [2.75, 3.05) is 0 Å². The van der Waals surface area contributed by atoms with Crippen LogP contribution in [0.1, 0.15) is 17.2 Å². The summed E-state index contributed by atoms with van der Waals surface area (Å²) in [6, 6.07) is 10.3. The Morgan fingerprint density at radius 3 is 2.68 bits per heavy atom. The first kappa shape index (κ1) is 15.2. The molecule has 5 heteroatoms. The van der Waals surface area contributed by atoms with Gasteiger partial charge in [0.25, 0.3) is 0 Å². The van der Waals surface area contributed by atoms with Crippen molar-refractivity contribution < 1.29 is 9.50 Å². The van der Waals surface area contributed by atoms with Gasteiger partial charge in [-0.05, 0) is 64.0 Å². The fourth-order valence-electron chi connectivity index (χ4n) is 1.77. The highest BCUT2D eigenvalue weighted by Gasteiger charge is 2.13. The highest BCUT2D eigenvalue weighted by Crippen LogP contribution is 2.28. The zero-order valence-corrected chi connectivity index (χ0v) is 14.2. The topological polar surface area (TPSA) is 20.2 Å². The molecule has 2 aromatic rings. The molecular weight excluding hydrogens is 445 g/mol. The van der Waals surface area contributed by atoms with Gasteiger partial charge in [0, 0.05) is 14.5 Å². The van der Waals surface area contributed by atoms with E-state index in [1.54, 1.807) is 12.1 Å². The average Bonchev–Trinajstić information content (AvgIpc) is 2.36. The van der Waals surface area contributed by atoms with Crippen LogP contribution in [0.5, 0.6) is 0 Å². The second kappa shape index (κ2) is 6.52. The van der Waals surface area contributed by atoms with Crippen LogP contribution in [-0.2, 0) is 6.42 Å². The predicted molar refractivity (Wildman–Crippen MR) is 86.9 cm³/mol. The molecule has 0 aliphatic carbocycles. The van der Waals surface area contributed by atoms with Crippen LogP contribution >= 0.6 is 50.1 Å². The fraction of sp³-hybridized carbons (Fsp3) is 0.143. The Hall–Kier alpha value is -0.170. The Bertz CT molecular complexity index is 606. The van der Waals surface area contributed by atoms with E-state index in [9.17, 15) is 9.50 Å². The molecule has 0 heterocycles. The summed E-state index contributed by atoms with van der Waals surface area (Å²) in [6.45, 7) is 0. The van der Waals surface area contributed by atoms with Crippen LogP contribution in [0.15, 0.2) is 40.9 Å². The van der Waals surface area contributed by atoms with Gasteiger partial charge in [-0.2, -0.15) is 0 Å². The Labute approximate surface area is 138 Å². The number of aliphatic hydroxyl groups is 1. The molecule has 0 aliphatic rings. The maximum absolute atomic E-state index is 13.1. The maximum Gasteiger partial charge on any atom is 0.141 e. The monoisotopic (exact) mass is 454 g/mol. The number of hydrogen-bond acceptors (Lipinski definition) is 1. The third-order valence-electron chi connectivity index (χ3n) is 2.73. The molecule has 19 heavy (non-hydrogen) atoms. The van der Waals surface area contributed by atoms with Gasteiger partial charge in [-0.25, -0.2) is 4.39 Å². The Morgan fingerprint density at radius 2 is 2.00 bits per heavy atom. The van der Waals surface area contributed by atoms with E-state index < -0.39 is 11.9 Å². The normalized spacial score (nSPS) is 12.5. The van der Waals surface area contributed by atoms with Gasteiger partial charge in [-0.15, -0.1) is 0 Å². The Balaban J connectivity index is 2.22. The molecule has 1 N–H and O–H groups in total. The molecule has 0 fully saturated rings. The number of halogens is 4.